The van der Waals surface area contributed by atoms with Crippen LogP contribution in [0.15, 0.2) is 42.5 Å². The molecule has 25 heavy (non-hydrogen) atoms. The summed E-state index contributed by atoms with van der Waals surface area (Å²) in [5.74, 6) is -0.585. The van der Waals surface area contributed by atoms with E-state index in [1.807, 2.05) is 12.1 Å². The van der Waals surface area contributed by atoms with Gasteiger partial charge < -0.3 is 4.74 Å². The summed E-state index contributed by atoms with van der Waals surface area (Å²) >= 11 is 0. The molecule has 0 N–H and O–H groups in total. The third-order valence-corrected chi connectivity index (χ3v) is 5.08. The van der Waals surface area contributed by atoms with Crippen molar-refractivity contribution in [2.75, 3.05) is 0 Å². The molecule has 0 radical (unpaired) electrons. The van der Waals surface area contributed by atoms with Gasteiger partial charge in [0, 0.05) is 6.07 Å². The van der Waals surface area contributed by atoms with Gasteiger partial charge in [-0.1, -0.05) is 25.5 Å². The summed E-state index contributed by atoms with van der Waals surface area (Å²) in [7, 11) is 0. The third kappa shape index (κ3) is 4.44. The molecular formula is C21H22F2O2. The highest BCUT2D eigenvalue weighted by Crippen LogP contribution is 2.37. The molecule has 3 rings (SSSR count). The van der Waals surface area contributed by atoms with Gasteiger partial charge in [0.2, 0.25) is 0 Å². The van der Waals surface area contributed by atoms with Crippen LogP contribution in [0.3, 0.4) is 0 Å². The van der Waals surface area contributed by atoms with E-state index in [1.54, 1.807) is 12.1 Å². The first-order valence-electron chi connectivity index (χ1n) is 8.83. The van der Waals surface area contributed by atoms with Crippen molar-refractivity contribution in [1.29, 1.82) is 0 Å². The molecule has 1 aliphatic rings. The molecule has 4 heteroatoms. The molecule has 1 aliphatic carbocycles. The van der Waals surface area contributed by atoms with Crippen molar-refractivity contribution in [3.63, 3.8) is 0 Å². The van der Waals surface area contributed by atoms with Gasteiger partial charge in [0.25, 0.3) is 0 Å². The number of halogens is 2. The minimum atomic E-state index is -0.801. The molecule has 1 fully saturated rings. The maximum atomic E-state index is 13.2. The van der Waals surface area contributed by atoms with E-state index in [4.69, 9.17) is 4.74 Å². The van der Waals surface area contributed by atoms with Crippen molar-refractivity contribution in [3.8, 4) is 5.75 Å². The van der Waals surface area contributed by atoms with Gasteiger partial charge in [-0.15, -0.1) is 0 Å². The number of esters is 1. The second-order valence-electron chi connectivity index (χ2n) is 6.74. The van der Waals surface area contributed by atoms with Crippen LogP contribution in [0.4, 0.5) is 8.78 Å². The Kier molecular flexibility index (Phi) is 5.47. The van der Waals surface area contributed by atoms with E-state index in [-0.39, 0.29) is 5.56 Å². The molecule has 0 unspecified atom stereocenters. The van der Waals surface area contributed by atoms with Crippen LogP contribution in [-0.4, -0.2) is 5.97 Å². The number of rotatable bonds is 4. The second kappa shape index (κ2) is 7.77. The van der Waals surface area contributed by atoms with Crippen LogP contribution < -0.4 is 4.74 Å². The van der Waals surface area contributed by atoms with Gasteiger partial charge >= 0.3 is 5.97 Å². The summed E-state index contributed by atoms with van der Waals surface area (Å²) < 4.78 is 31.6. The van der Waals surface area contributed by atoms with E-state index < -0.39 is 17.6 Å². The Labute approximate surface area is 146 Å². The average Bonchev–Trinajstić information content (AvgIpc) is 2.61. The van der Waals surface area contributed by atoms with Crippen LogP contribution >= 0.6 is 0 Å². The van der Waals surface area contributed by atoms with Gasteiger partial charge in [-0.25, -0.2) is 13.6 Å². The lowest BCUT2D eigenvalue weighted by Crippen LogP contribution is -2.13. The maximum Gasteiger partial charge on any atom is 0.343 e. The zero-order chi connectivity index (χ0) is 17.8. The van der Waals surface area contributed by atoms with Gasteiger partial charge in [-0.05, 0) is 67.3 Å². The average molecular weight is 344 g/mol. The molecule has 0 aliphatic heterocycles. The fraction of sp³-hybridized carbons (Fsp3) is 0.381. The van der Waals surface area contributed by atoms with Gasteiger partial charge in [-0.3, -0.25) is 0 Å². The Bertz CT molecular complexity index is 712. The lowest BCUT2D eigenvalue weighted by Gasteiger charge is -2.28. The highest BCUT2D eigenvalue weighted by molar-refractivity contribution is 5.91. The van der Waals surface area contributed by atoms with Crippen molar-refractivity contribution < 1.29 is 18.3 Å². The van der Waals surface area contributed by atoms with Crippen LogP contribution in [-0.2, 0) is 0 Å². The van der Waals surface area contributed by atoms with Crippen molar-refractivity contribution >= 4 is 5.97 Å². The third-order valence-electron chi connectivity index (χ3n) is 5.08. The van der Waals surface area contributed by atoms with E-state index in [2.05, 4.69) is 6.92 Å². The number of hydrogen-bond donors (Lipinski definition) is 0. The molecule has 0 heterocycles. The topological polar surface area (TPSA) is 26.3 Å². The summed E-state index contributed by atoms with van der Waals surface area (Å²) in [6.45, 7) is 2.25. The smallest absolute Gasteiger partial charge is 0.343 e. The largest absolute Gasteiger partial charge is 0.423 e. The minimum absolute atomic E-state index is 0.139. The Morgan fingerprint density at radius 2 is 1.60 bits per heavy atom. The summed E-state index contributed by atoms with van der Waals surface area (Å²) in [6, 6.07) is 10.1. The zero-order valence-corrected chi connectivity index (χ0v) is 14.3. The zero-order valence-electron chi connectivity index (χ0n) is 14.3. The molecule has 0 bridgehead atoms. The number of ether oxygens (including phenoxy) is 1. The number of carbonyl (C=O) groups excluding carboxylic acids is 1. The van der Waals surface area contributed by atoms with Crippen LogP contribution in [0.5, 0.6) is 5.75 Å². The first-order chi connectivity index (χ1) is 12.0. The van der Waals surface area contributed by atoms with E-state index in [0.717, 1.165) is 24.1 Å². The van der Waals surface area contributed by atoms with Crippen molar-refractivity contribution in [2.24, 2.45) is 5.92 Å². The first-order valence-corrected chi connectivity index (χ1v) is 8.83. The minimum Gasteiger partial charge on any atom is -0.423 e. The van der Waals surface area contributed by atoms with Crippen LogP contribution in [0.25, 0.3) is 0 Å². The molecule has 0 saturated heterocycles. The number of benzene rings is 2. The summed E-state index contributed by atoms with van der Waals surface area (Å²) in [6.07, 6.45) is 6.18. The van der Waals surface area contributed by atoms with Gasteiger partial charge in [0.1, 0.15) is 17.4 Å². The predicted octanol–water partition coefficient (Wildman–Crippen LogP) is 5.87. The second-order valence-corrected chi connectivity index (χ2v) is 6.74. The van der Waals surface area contributed by atoms with Crippen LogP contribution in [0, 0.1) is 17.6 Å². The fourth-order valence-electron chi connectivity index (χ4n) is 3.55. The molecule has 0 atom stereocenters. The van der Waals surface area contributed by atoms with E-state index >= 15 is 0 Å². The fourth-order valence-corrected chi connectivity index (χ4v) is 3.55. The normalized spacial score (nSPS) is 20.3. The van der Waals surface area contributed by atoms with E-state index in [0.29, 0.717) is 11.7 Å². The number of hydrogen-bond acceptors (Lipinski definition) is 2. The van der Waals surface area contributed by atoms with E-state index in [1.165, 1.54) is 37.7 Å². The SMILES string of the molecule is CCC1CCC(c2ccc(OC(=O)c3cc(F)cc(F)c3)cc2)CC1. The molecule has 0 aromatic heterocycles. The lowest BCUT2D eigenvalue weighted by molar-refractivity contribution is 0.0733. The highest BCUT2D eigenvalue weighted by Gasteiger charge is 2.21. The van der Waals surface area contributed by atoms with Crippen molar-refractivity contribution in [3.05, 3.63) is 65.2 Å². The van der Waals surface area contributed by atoms with Gasteiger partial charge in [-0.2, -0.15) is 0 Å². The highest BCUT2D eigenvalue weighted by atomic mass is 19.1. The van der Waals surface area contributed by atoms with Crippen LogP contribution in [0.2, 0.25) is 0 Å². The summed E-state index contributed by atoms with van der Waals surface area (Å²) in [5.41, 5.74) is 1.12. The summed E-state index contributed by atoms with van der Waals surface area (Å²) in [4.78, 5) is 12.0. The van der Waals surface area contributed by atoms with E-state index in [9.17, 15) is 13.6 Å². The number of carbonyl (C=O) groups is 1. The van der Waals surface area contributed by atoms with Crippen molar-refractivity contribution in [1.82, 2.24) is 0 Å². The van der Waals surface area contributed by atoms with Crippen LogP contribution in [0.1, 0.15) is 60.9 Å². The van der Waals surface area contributed by atoms with Crippen molar-refractivity contribution in [2.45, 2.75) is 44.9 Å². The maximum absolute atomic E-state index is 13.2. The molecule has 2 aromatic rings. The molecular weight excluding hydrogens is 322 g/mol. The quantitative estimate of drug-likeness (QED) is 0.512. The van der Waals surface area contributed by atoms with Gasteiger partial charge in [0.15, 0.2) is 0 Å². The lowest BCUT2D eigenvalue weighted by atomic mass is 9.78. The monoisotopic (exact) mass is 344 g/mol. The Morgan fingerprint density at radius 3 is 2.16 bits per heavy atom. The summed E-state index contributed by atoms with van der Waals surface area (Å²) in [5, 5.41) is 0. The standard InChI is InChI=1S/C21H22F2O2/c1-2-14-3-5-15(6-4-14)16-7-9-20(10-8-16)25-21(24)17-11-18(22)13-19(23)12-17/h7-15H,2-6H2,1H3. The molecule has 2 aromatic carbocycles. The Morgan fingerprint density at radius 1 is 1.00 bits per heavy atom. The molecule has 0 spiro atoms. The Balaban J connectivity index is 1.63. The molecule has 132 valence electrons. The molecule has 2 nitrogen and oxygen atoms in total. The predicted molar refractivity (Wildman–Crippen MR) is 92.7 cm³/mol. The van der Waals surface area contributed by atoms with Gasteiger partial charge in [0.05, 0.1) is 5.56 Å². The Hall–Kier alpha value is -2.23. The molecule has 0 amide bonds. The molecule has 1 saturated carbocycles. The first kappa shape index (κ1) is 17.6.